The topological polar surface area (TPSA) is 29.3 Å². The van der Waals surface area contributed by atoms with Gasteiger partial charge in [0.05, 0.1) is 6.54 Å². The molecular weight excluding hydrogens is 205 g/mol. The van der Waals surface area contributed by atoms with Crippen molar-refractivity contribution < 1.29 is 13.2 Å². The number of hydrogen-bond acceptors (Lipinski definition) is 2. The lowest BCUT2D eigenvalue weighted by Crippen LogP contribution is -2.56. The molecule has 15 heavy (non-hydrogen) atoms. The molecule has 0 heterocycles. The van der Waals surface area contributed by atoms with Crippen LogP contribution < -0.4 is 5.73 Å². The summed E-state index contributed by atoms with van der Waals surface area (Å²) in [6.45, 7) is 1.89. The number of rotatable bonds is 5. The first-order valence-corrected chi connectivity index (χ1v) is 5.43. The zero-order chi connectivity index (χ0) is 11.5. The van der Waals surface area contributed by atoms with Gasteiger partial charge < -0.3 is 5.73 Å². The van der Waals surface area contributed by atoms with Gasteiger partial charge in [0, 0.05) is 12.1 Å². The molecule has 0 aliphatic heterocycles. The number of nitrogens with two attached hydrogens (primary N) is 1. The monoisotopic (exact) mass is 224 g/mol. The van der Waals surface area contributed by atoms with Gasteiger partial charge in [0.15, 0.2) is 0 Å². The van der Waals surface area contributed by atoms with E-state index in [0.717, 1.165) is 25.7 Å². The second-order valence-electron chi connectivity index (χ2n) is 4.54. The number of nitrogens with zero attached hydrogens (tertiary/aromatic N) is 1. The average molecular weight is 224 g/mol. The second kappa shape index (κ2) is 4.70. The molecule has 0 spiro atoms. The molecule has 0 bridgehead atoms. The Kier molecular flexibility index (Phi) is 4.00. The molecule has 1 saturated carbocycles. The average Bonchev–Trinajstić information content (AvgIpc) is 1.98. The maximum Gasteiger partial charge on any atom is 0.401 e. The maximum atomic E-state index is 12.2. The van der Waals surface area contributed by atoms with Crippen molar-refractivity contribution in [3.63, 3.8) is 0 Å². The molecule has 1 aliphatic rings. The highest BCUT2D eigenvalue weighted by Crippen LogP contribution is 2.30. The standard InChI is InChI=1S/C10H19F3N2/c1-2-6-15(8-10(11,12)13)7-9(14)4-3-5-9/h2-8,14H2,1H3. The van der Waals surface area contributed by atoms with Crippen LogP contribution in [0.4, 0.5) is 13.2 Å². The summed E-state index contributed by atoms with van der Waals surface area (Å²) in [5.74, 6) is 0. The van der Waals surface area contributed by atoms with E-state index in [1.807, 2.05) is 6.92 Å². The van der Waals surface area contributed by atoms with E-state index in [0.29, 0.717) is 13.1 Å². The van der Waals surface area contributed by atoms with E-state index in [1.54, 1.807) is 0 Å². The van der Waals surface area contributed by atoms with E-state index in [-0.39, 0.29) is 5.54 Å². The summed E-state index contributed by atoms with van der Waals surface area (Å²) < 4.78 is 36.7. The Hall–Kier alpha value is -0.290. The van der Waals surface area contributed by atoms with Crippen molar-refractivity contribution in [2.75, 3.05) is 19.6 Å². The Morgan fingerprint density at radius 3 is 2.27 bits per heavy atom. The Labute approximate surface area is 88.6 Å². The van der Waals surface area contributed by atoms with Crippen LogP contribution in [0.3, 0.4) is 0 Å². The predicted molar refractivity (Wildman–Crippen MR) is 53.6 cm³/mol. The van der Waals surface area contributed by atoms with Gasteiger partial charge in [-0.25, -0.2) is 0 Å². The number of halogens is 3. The van der Waals surface area contributed by atoms with Gasteiger partial charge in [-0.3, -0.25) is 4.90 Å². The van der Waals surface area contributed by atoms with Crippen LogP contribution in [0.1, 0.15) is 32.6 Å². The summed E-state index contributed by atoms with van der Waals surface area (Å²) in [4.78, 5) is 1.43. The molecule has 0 unspecified atom stereocenters. The van der Waals surface area contributed by atoms with Crippen LogP contribution in [0.5, 0.6) is 0 Å². The maximum absolute atomic E-state index is 12.2. The fraction of sp³-hybridized carbons (Fsp3) is 1.00. The summed E-state index contributed by atoms with van der Waals surface area (Å²) in [5, 5.41) is 0. The fourth-order valence-corrected chi connectivity index (χ4v) is 2.02. The zero-order valence-electron chi connectivity index (χ0n) is 9.11. The summed E-state index contributed by atoms with van der Waals surface area (Å²) in [6.07, 6.45) is -0.639. The minimum atomic E-state index is -4.12. The van der Waals surface area contributed by atoms with Crippen molar-refractivity contribution in [2.45, 2.75) is 44.3 Å². The Morgan fingerprint density at radius 2 is 1.93 bits per heavy atom. The van der Waals surface area contributed by atoms with Gasteiger partial charge in [0.2, 0.25) is 0 Å². The summed E-state index contributed by atoms with van der Waals surface area (Å²) in [6, 6.07) is 0. The van der Waals surface area contributed by atoms with E-state index in [2.05, 4.69) is 0 Å². The van der Waals surface area contributed by atoms with Gasteiger partial charge in [-0.05, 0) is 32.2 Å². The van der Waals surface area contributed by atoms with E-state index in [1.165, 1.54) is 4.90 Å². The zero-order valence-corrected chi connectivity index (χ0v) is 9.11. The molecule has 0 amide bonds. The fourth-order valence-electron chi connectivity index (χ4n) is 2.02. The van der Waals surface area contributed by atoms with Crippen LogP contribution in [0.2, 0.25) is 0 Å². The molecule has 1 aliphatic carbocycles. The van der Waals surface area contributed by atoms with Gasteiger partial charge >= 0.3 is 6.18 Å². The molecule has 0 radical (unpaired) electrons. The van der Waals surface area contributed by atoms with Crippen molar-refractivity contribution in [1.29, 1.82) is 0 Å². The van der Waals surface area contributed by atoms with E-state index < -0.39 is 12.7 Å². The van der Waals surface area contributed by atoms with Crippen LogP contribution in [-0.4, -0.2) is 36.2 Å². The molecule has 2 nitrogen and oxygen atoms in total. The van der Waals surface area contributed by atoms with Crippen LogP contribution in [0.25, 0.3) is 0 Å². The molecule has 1 rings (SSSR count). The molecule has 0 aromatic carbocycles. The predicted octanol–water partition coefficient (Wildman–Crippen LogP) is 2.14. The van der Waals surface area contributed by atoms with E-state index in [9.17, 15) is 13.2 Å². The highest BCUT2D eigenvalue weighted by molar-refractivity contribution is 4.95. The van der Waals surface area contributed by atoms with Gasteiger partial charge in [0.25, 0.3) is 0 Å². The lowest BCUT2D eigenvalue weighted by molar-refractivity contribution is -0.148. The Morgan fingerprint density at radius 1 is 1.33 bits per heavy atom. The second-order valence-corrected chi connectivity index (χ2v) is 4.54. The third-order valence-corrected chi connectivity index (χ3v) is 2.83. The molecule has 1 fully saturated rings. The van der Waals surface area contributed by atoms with Crippen molar-refractivity contribution in [3.05, 3.63) is 0 Å². The summed E-state index contributed by atoms with van der Waals surface area (Å²) in [7, 11) is 0. The molecule has 5 heteroatoms. The summed E-state index contributed by atoms with van der Waals surface area (Å²) in [5.41, 5.74) is 5.58. The van der Waals surface area contributed by atoms with Crippen molar-refractivity contribution in [3.8, 4) is 0 Å². The van der Waals surface area contributed by atoms with Gasteiger partial charge in [-0.1, -0.05) is 6.92 Å². The van der Waals surface area contributed by atoms with Crippen LogP contribution in [-0.2, 0) is 0 Å². The normalized spacial score (nSPS) is 20.4. The smallest absolute Gasteiger partial charge is 0.324 e. The first-order valence-electron chi connectivity index (χ1n) is 5.43. The summed E-state index contributed by atoms with van der Waals surface area (Å²) >= 11 is 0. The molecule has 0 saturated heterocycles. The van der Waals surface area contributed by atoms with Crippen molar-refractivity contribution in [1.82, 2.24) is 4.90 Å². The SMILES string of the molecule is CCCN(CC(F)(F)F)CC1(N)CCC1. The van der Waals surface area contributed by atoms with E-state index >= 15 is 0 Å². The third-order valence-electron chi connectivity index (χ3n) is 2.83. The third kappa shape index (κ3) is 4.38. The van der Waals surface area contributed by atoms with Crippen LogP contribution >= 0.6 is 0 Å². The van der Waals surface area contributed by atoms with E-state index in [4.69, 9.17) is 5.73 Å². The minimum Gasteiger partial charge on any atom is -0.324 e. The molecule has 0 atom stereocenters. The van der Waals surface area contributed by atoms with Gasteiger partial charge in [0.1, 0.15) is 0 Å². The van der Waals surface area contributed by atoms with Crippen LogP contribution in [0, 0.1) is 0 Å². The van der Waals surface area contributed by atoms with Crippen molar-refractivity contribution in [2.24, 2.45) is 5.73 Å². The highest BCUT2D eigenvalue weighted by Gasteiger charge is 2.37. The lowest BCUT2D eigenvalue weighted by Gasteiger charge is -2.42. The Bertz CT molecular complexity index is 199. The van der Waals surface area contributed by atoms with Gasteiger partial charge in [-0.2, -0.15) is 13.2 Å². The first kappa shape index (κ1) is 12.8. The molecule has 0 aromatic rings. The highest BCUT2D eigenvalue weighted by atomic mass is 19.4. The molecular formula is C10H19F3N2. The minimum absolute atomic E-state index is 0.361. The van der Waals surface area contributed by atoms with Gasteiger partial charge in [-0.15, -0.1) is 0 Å². The van der Waals surface area contributed by atoms with Crippen LogP contribution in [0.15, 0.2) is 0 Å². The number of alkyl halides is 3. The largest absolute Gasteiger partial charge is 0.401 e. The van der Waals surface area contributed by atoms with Crippen molar-refractivity contribution >= 4 is 0 Å². The number of hydrogen-bond donors (Lipinski definition) is 1. The molecule has 90 valence electrons. The lowest BCUT2D eigenvalue weighted by atomic mass is 9.77. The molecule has 0 aromatic heterocycles. The Balaban J connectivity index is 2.42. The first-order chi connectivity index (χ1) is 6.85. The quantitative estimate of drug-likeness (QED) is 0.775. The molecule has 2 N–H and O–H groups in total.